The number of likely N-dealkylation sites (tertiary alicyclic amines) is 2. The van der Waals surface area contributed by atoms with Gasteiger partial charge >= 0.3 is 6.18 Å². The summed E-state index contributed by atoms with van der Waals surface area (Å²) in [7, 11) is 1.70. The molecule has 0 spiro atoms. The molecule has 0 aromatic carbocycles. The van der Waals surface area contributed by atoms with Crippen LogP contribution in [0, 0.1) is 0 Å². The number of alkyl halides is 3. The van der Waals surface area contributed by atoms with E-state index >= 15 is 0 Å². The highest BCUT2D eigenvalue weighted by Crippen LogP contribution is 2.21. The van der Waals surface area contributed by atoms with Crippen molar-refractivity contribution in [3.8, 4) is 0 Å². The zero-order valence-electron chi connectivity index (χ0n) is 12.7. The van der Waals surface area contributed by atoms with Crippen molar-refractivity contribution in [3.05, 3.63) is 0 Å². The number of nitrogens with one attached hydrogen (secondary N) is 1. The molecule has 2 rings (SSSR count). The van der Waals surface area contributed by atoms with E-state index in [4.69, 9.17) is 4.74 Å². The number of hydrogen-bond donors (Lipinski definition) is 1. The molecule has 0 amide bonds. The Balaban J connectivity index is 1.70. The second-order valence-electron chi connectivity index (χ2n) is 6.14. The SMILES string of the molecule is COCCN1CCC[C@H](N[C@@H]2CCN(CC(F)(F)F)C2)C1. The highest BCUT2D eigenvalue weighted by Gasteiger charge is 2.35. The summed E-state index contributed by atoms with van der Waals surface area (Å²) in [5, 5.41) is 3.55. The van der Waals surface area contributed by atoms with Crippen LogP contribution in [0.1, 0.15) is 19.3 Å². The van der Waals surface area contributed by atoms with E-state index in [1.807, 2.05) is 0 Å². The van der Waals surface area contributed by atoms with Gasteiger partial charge < -0.3 is 10.1 Å². The molecule has 2 atom stereocenters. The lowest BCUT2D eigenvalue weighted by Crippen LogP contribution is -2.50. The fourth-order valence-electron chi connectivity index (χ4n) is 3.31. The average molecular weight is 309 g/mol. The van der Waals surface area contributed by atoms with E-state index in [9.17, 15) is 13.2 Å². The van der Waals surface area contributed by atoms with Crippen LogP contribution in [0.2, 0.25) is 0 Å². The van der Waals surface area contributed by atoms with Gasteiger partial charge in [-0.3, -0.25) is 9.80 Å². The van der Waals surface area contributed by atoms with Crippen molar-refractivity contribution in [2.24, 2.45) is 0 Å². The van der Waals surface area contributed by atoms with E-state index in [0.29, 0.717) is 19.1 Å². The summed E-state index contributed by atoms with van der Waals surface area (Å²) < 4.78 is 42.2. The molecule has 0 aromatic rings. The van der Waals surface area contributed by atoms with Crippen LogP contribution in [0.4, 0.5) is 13.2 Å². The Hall–Kier alpha value is -0.370. The first-order valence-corrected chi connectivity index (χ1v) is 7.73. The maximum atomic E-state index is 12.4. The molecule has 2 saturated heterocycles. The third-order valence-corrected chi connectivity index (χ3v) is 4.26. The molecule has 1 N–H and O–H groups in total. The van der Waals surface area contributed by atoms with Crippen LogP contribution in [0.3, 0.4) is 0 Å². The summed E-state index contributed by atoms with van der Waals surface area (Å²) in [6.07, 6.45) is -1.03. The topological polar surface area (TPSA) is 27.7 Å². The van der Waals surface area contributed by atoms with Gasteiger partial charge in [0.1, 0.15) is 0 Å². The van der Waals surface area contributed by atoms with Crippen LogP contribution in [0.15, 0.2) is 0 Å². The molecule has 2 fully saturated rings. The molecule has 7 heteroatoms. The van der Waals surface area contributed by atoms with Crippen LogP contribution < -0.4 is 5.32 Å². The van der Waals surface area contributed by atoms with E-state index in [2.05, 4.69) is 10.2 Å². The molecule has 2 aliphatic heterocycles. The van der Waals surface area contributed by atoms with Gasteiger partial charge in [-0.05, 0) is 25.8 Å². The Morgan fingerprint density at radius 2 is 1.81 bits per heavy atom. The minimum absolute atomic E-state index is 0.194. The predicted molar refractivity (Wildman–Crippen MR) is 75.4 cm³/mol. The monoisotopic (exact) mass is 309 g/mol. The minimum Gasteiger partial charge on any atom is -0.383 e. The van der Waals surface area contributed by atoms with E-state index < -0.39 is 12.7 Å². The Kier molecular flexibility index (Phi) is 6.28. The summed E-state index contributed by atoms with van der Waals surface area (Å²) in [6, 6.07) is 0.589. The van der Waals surface area contributed by atoms with Gasteiger partial charge in [0.25, 0.3) is 0 Å². The fourth-order valence-corrected chi connectivity index (χ4v) is 3.31. The molecule has 0 aromatic heterocycles. The molecule has 0 saturated carbocycles. The van der Waals surface area contributed by atoms with Gasteiger partial charge in [-0.2, -0.15) is 13.2 Å². The zero-order chi connectivity index (χ0) is 15.3. The summed E-state index contributed by atoms with van der Waals surface area (Å²) in [6.45, 7) is 3.99. The lowest BCUT2D eigenvalue weighted by molar-refractivity contribution is -0.143. The molecule has 124 valence electrons. The van der Waals surface area contributed by atoms with Crippen molar-refractivity contribution in [1.82, 2.24) is 15.1 Å². The van der Waals surface area contributed by atoms with E-state index in [-0.39, 0.29) is 6.04 Å². The van der Waals surface area contributed by atoms with Crippen LogP contribution >= 0.6 is 0 Å². The Morgan fingerprint density at radius 3 is 2.52 bits per heavy atom. The van der Waals surface area contributed by atoms with E-state index in [0.717, 1.165) is 45.5 Å². The summed E-state index contributed by atoms with van der Waals surface area (Å²) >= 11 is 0. The van der Waals surface area contributed by atoms with Gasteiger partial charge in [-0.1, -0.05) is 0 Å². The lowest BCUT2D eigenvalue weighted by Gasteiger charge is -2.34. The first kappa shape index (κ1) is 17.0. The summed E-state index contributed by atoms with van der Waals surface area (Å²) in [5.74, 6) is 0. The minimum atomic E-state index is -4.09. The van der Waals surface area contributed by atoms with Crippen LogP contribution in [0.25, 0.3) is 0 Å². The van der Waals surface area contributed by atoms with E-state index in [1.54, 1.807) is 7.11 Å². The van der Waals surface area contributed by atoms with Gasteiger partial charge in [0.05, 0.1) is 13.2 Å². The van der Waals surface area contributed by atoms with Gasteiger partial charge in [0, 0.05) is 45.4 Å². The van der Waals surface area contributed by atoms with Gasteiger partial charge in [-0.25, -0.2) is 0 Å². The number of piperidine rings is 1. The third-order valence-electron chi connectivity index (χ3n) is 4.26. The normalized spacial score (nSPS) is 29.1. The van der Waals surface area contributed by atoms with Crippen molar-refractivity contribution in [2.45, 2.75) is 37.5 Å². The number of methoxy groups -OCH3 is 1. The van der Waals surface area contributed by atoms with Gasteiger partial charge in [-0.15, -0.1) is 0 Å². The van der Waals surface area contributed by atoms with Gasteiger partial charge in [0.15, 0.2) is 0 Å². The van der Waals surface area contributed by atoms with Crippen molar-refractivity contribution in [2.75, 3.05) is 53.0 Å². The standard InChI is InChI=1S/C14H26F3N3O/c1-21-8-7-19-5-2-3-12(9-19)18-13-4-6-20(10-13)11-14(15,16)17/h12-13,18H,2-11H2,1H3/t12-,13+/m0/s1. The first-order chi connectivity index (χ1) is 9.96. The zero-order valence-corrected chi connectivity index (χ0v) is 12.7. The Bertz CT molecular complexity index is 314. The number of ether oxygens (including phenoxy) is 1. The summed E-state index contributed by atoms with van der Waals surface area (Å²) in [4.78, 5) is 3.87. The average Bonchev–Trinajstić information content (AvgIpc) is 2.81. The molecule has 0 radical (unpaired) electrons. The van der Waals surface area contributed by atoms with Crippen molar-refractivity contribution >= 4 is 0 Å². The Morgan fingerprint density at radius 1 is 1.10 bits per heavy atom. The van der Waals surface area contributed by atoms with Crippen LogP contribution in [-0.4, -0.2) is 81.0 Å². The van der Waals surface area contributed by atoms with Gasteiger partial charge in [0.2, 0.25) is 0 Å². The van der Waals surface area contributed by atoms with Crippen molar-refractivity contribution in [1.29, 1.82) is 0 Å². The quantitative estimate of drug-likeness (QED) is 0.801. The Labute approximate surface area is 124 Å². The smallest absolute Gasteiger partial charge is 0.383 e. The largest absolute Gasteiger partial charge is 0.401 e. The lowest BCUT2D eigenvalue weighted by atomic mass is 10.0. The maximum absolute atomic E-state index is 12.4. The fraction of sp³-hybridized carbons (Fsp3) is 1.00. The summed E-state index contributed by atoms with van der Waals surface area (Å²) in [5.41, 5.74) is 0. The molecule has 2 heterocycles. The number of nitrogens with zero attached hydrogens (tertiary/aromatic N) is 2. The second-order valence-corrected chi connectivity index (χ2v) is 6.14. The van der Waals surface area contributed by atoms with Crippen LogP contribution in [0.5, 0.6) is 0 Å². The second kappa shape index (κ2) is 7.76. The van der Waals surface area contributed by atoms with Crippen molar-refractivity contribution in [3.63, 3.8) is 0 Å². The molecular weight excluding hydrogens is 283 g/mol. The number of hydrogen-bond acceptors (Lipinski definition) is 4. The van der Waals surface area contributed by atoms with Crippen molar-refractivity contribution < 1.29 is 17.9 Å². The molecule has 0 aliphatic carbocycles. The first-order valence-electron chi connectivity index (χ1n) is 7.73. The predicted octanol–water partition coefficient (Wildman–Crippen LogP) is 1.32. The number of halogens is 3. The highest BCUT2D eigenvalue weighted by molar-refractivity contribution is 4.87. The van der Waals surface area contributed by atoms with Crippen LogP contribution in [-0.2, 0) is 4.74 Å². The molecule has 21 heavy (non-hydrogen) atoms. The maximum Gasteiger partial charge on any atom is 0.401 e. The number of rotatable bonds is 6. The molecule has 0 bridgehead atoms. The van der Waals surface area contributed by atoms with E-state index in [1.165, 1.54) is 4.90 Å². The molecule has 4 nitrogen and oxygen atoms in total. The molecular formula is C14H26F3N3O. The highest BCUT2D eigenvalue weighted by atomic mass is 19.4. The molecule has 0 unspecified atom stereocenters. The molecule has 2 aliphatic rings. The third kappa shape index (κ3) is 6.10.